The molecule has 1 saturated heterocycles. The highest BCUT2D eigenvalue weighted by Crippen LogP contribution is 2.24. The molecule has 0 amide bonds. The van der Waals surface area contributed by atoms with Gasteiger partial charge in [0.1, 0.15) is 36.8 Å². The quantitative estimate of drug-likeness (QED) is 0.0151. The van der Waals surface area contributed by atoms with E-state index in [1.165, 1.54) is 44.9 Å². The molecule has 12 nitrogen and oxygen atoms in total. The van der Waals surface area contributed by atoms with Crippen LogP contribution >= 0.6 is 0 Å². The second-order valence-electron chi connectivity index (χ2n) is 16.1. The molecule has 0 aliphatic carbocycles. The first kappa shape index (κ1) is 58.6. The van der Waals surface area contributed by atoms with E-state index in [1.807, 2.05) is 48.6 Å². The lowest BCUT2D eigenvalue weighted by Crippen LogP contribution is -2.60. The van der Waals surface area contributed by atoms with Crippen molar-refractivity contribution in [2.24, 2.45) is 0 Å². The monoisotopic (exact) mass is 919 g/mol. The summed E-state index contributed by atoms with van der Waals surface area (Å²) in [6.45, 7) is 3.54. The second kappa shape index (κ2) is 39.9. The Morgan fingerprint density at radius 2 is 1.06 bits per heavy atom. The van der Waals surface area contributed by atoms with Crippen LogP contribution in [0.5, 0.6) is 0 Å². The lowest BCUT2D eigenvalue weighted by molar-refractivity contribution is -0.297. The SMILES string of the molecule is CC/C=C/C=C/C=C/C=C/CCCCCCCC(=O)OC[C@H](CO[C@H]1O[C@H](CS(=O)(=O)O)[C@@H](O)C(O)C1O)OC(=O)CCC/C=C/C/C=C/C/C=C/C/C=C/CCCCCCCCC. The molecule has 0 spiro atoms. The largest absolute Gasteiger partial charge is 0.462 e. The Bertz CT molecular complexity index is 1540. The van der Waals surface area contributed by atoms with Crippen LogP contribution < -0.4 is 0 Å². The number of rotatable bonds is 38. The molecular weight excluding hydrogens is 837 g/mol. The molecule has 1 fully saturated rings. The van der Waals surface area contributed by atoms with Gasteiger partial charge in [-0.2, -0.15) is 8.42 Å². The van der Waals surface area contributed by atoms with Gasteiger partial charge in [-0.25, -0.2) is 0 Å². The number of carbonyl (C=O) groups is 2. The summed E-state index contributed by atoms with van der Waals surface area (Å²) in [5, 5.41) is 30.9. The third-order valence-electron chi connectivity index (χ3n) is 10.2. The third kappa shape index (κ3) is 34.0. The van der Waals surface area contributed by atoms with Gasteiger partial charge >= 0.3 is 11.9 Å². The fraction of sp³-hybridized carbons (Fsp3) is 0.647. The van der Waals surface area contributed by atoms with Crippen LogP contribution in [-0.4, -0.2) is 96.0 Å². The standard InChI is InChI=1S/C51H82O12S/c1-3-5-7-9-11-13-15-17-19-20-21-22-23-24-26-28-30-32-34-36-38-40-47(53)62-44(42-61-51-50(56)49(55)48(54)45(63-51)43-64(57,58)59)41-60-46(52)39-37-35-33-31-29-27-25-18-16-14-12-10-8-6-4-2/h6,8,10,12,14,16,18-20,22-23,25-26,28,32,34,44-45,48-51,54-56H,3-5,7,9,11,13,15,17,21,24,27,29-31,33,35-43H2,1-2H3,(H,57,58,59)/b8-6+,12-10+,16-14+,20-19+,23-22+,25-18+,28-26+,34-32+/t44-,45-,48-,49?,50?,51+/m1/s1. The Hall–Kier alpha value is -3.43. The van der Waals surface area contributed by atoms with Crippen molar-refractivity contribution in [3.63, 3.8) is 0 Å². The number of carbonyl (C=O) groups excluding carboxylic acids is 2. The van der Waals surface area contributed by atoms with Crippen molar-refractivity contribution < 1.29 is 56.8 Å². The Morgan fingerprint density at radius 1 is 0.562 bits per heavy atom. The number of esters is 2. The van der Waals surface area contributed by atoms with Gasteiger partial charge in [-0.1, -0.05) is 169 Å². The van der Waals surface area contributed by atoms with Gasteiger partial charge in [0.05, 0.1) is 6.61 Å². The first-order chi connectivity index (χ1) is 31.0. The van der Waals surface area contributed by atoms with Crippen molar-refractivity contribution in [2.75, 3.05) is 19.0 Å². The summed E-state index contributed by atoms with van der Waals surface area (Å²) in [5.41, 5.74) is 0. The number of unbranched alkanes of at least 4 members (excludes halogenated alkanes) is 13. The van der Waals surface area contributed by atoms with Crippen molar-refractivity contribution in [1.82, 2.24) is 0 Å². The second-order valence-corrected chi connectivity index (χ2v) is 17.6. The summed E-state index contributed by atoms with van der Waals surface area (Å²) in [6.07, 6.45) is 44.6. The van der Waals surface area contributed by atoms with Crippen molar-refractivity contribution in [2.45, 2.75) is 192 Å². The van der Waals surface area contributed by atoms with Gasteiger partial charge in [0.25, 0.3) is 10.1 Å². The predicted molar refractivity (Wildman–Crippen MR) is 256 cm³/mol. The van der Waals surface area contributed by atoms with Gasteiger partial charge in [-0.05, 0) is 70.6 Å². The zero-order valence-electron chi connectivity index (χ0n) is 38.8. The van der Waals surface area contributed by atoms with Crippen molar-refractivity contribution >= 4 is 22.1 Å². The van der Waals surface area contributed by atoms with Gasteiger partial charge < -0.3 is 34.3 Å². The van der Waals surface area contributed by atoms with Crippen LogP contribution in [0.25, 0.3) is 0 Å². The fourth-order valence-electron chi connectivity index (χ4n) is 6.56. The average Bonchev–Trinajstić information content (AvgIpc) is 3.26. The zero-order chi connectivity index (χ0) is 46.9. The van der Waals surface area contributed by atoms with E-state index in [0.717, 1.165) is 64.2 Å². The molecule has 364 valence electrons. The molecule has 1 aliphatic rings. The van der Waals surface area contributed by atoms with Crippen LogP contribution in [0.4, 0.5) is 0 Å². The molecule has 1 aliphatic heterocycles. The first-order valence-electron chi connectivity index (χ1n) is 23.8. The van der Waals surface area contributed by atoms with Crippen molar-refractivity contribution in [1.29, 1.82) is 0 Å². The number of aliphatic hydroxyl groups is 3. The van der Waals surface area contributed by atoms with Gasteiger partial charge in [0, 0.05) is 12.8 Å². The zero-order valence-corrected chi connectivity index (χ0v) is 39.7. The van der Waals surface area contributed by atoms with Gasteiger partial charge in [0.15, 0.2) is 12.4 Å². The van der Waals surface area contributed by atoms with E-state index in [2.05, 4.69) is 62.5 Å². The van der Waals surface area contributed by atoms with Gasteiger partial charge in [-0.3, -0.25) is 14.1 Å². The number of hydrogen-bond acceptors (Lipinski definition) is 11. The van der Waals surface area contributed by atoms with Crippen molar-refractivity contribution in [3.8, 4) is 0 Å². The summed E-state index contributed by atoms with van der Waals surface area (Å²) in [6, 6.07) is 0. The summed E-state index contributed by atoms with van der Waals surface area (Å²) in [5.74, 6) is -2.10. The number of aliphatic hydroxyl groups excluding tert-OH is 3. The van der Waals surface area contributed by atoms with Crippen molar-refractivity contribution in [3.05, 3.63) is 97.2 Å². The van der Waals surface area contributed by atoms with Crippen LogP contribution in [0.15, 0.2) is 97.2 Å². The molecule has 13 heteroatoms. The Labute approximate surface area is 385 Å². The minimum atomic E-state index is -4.62. The third-order valence-corrected chi connectivity index (χ3v) is 11.0. The molecule has 4 N–H and O–H groups in total. The van der Waals surface area contributed by atoms with Crippen LogP contribution in [0, 0.1) is 0 Å². The van der Waals surface area contributed by atoms with E-state index in [1.54, 1.807) is 0 Å². The highest BCUT2D eigenvalue weighted by atomic mass is 32.2. The highest BCUT2D eigenvalue weighted by molar-refractivity contribution is 7.85. The molecule has 0 aromatic carbocycles. The highest BCUT2D eigenvalue weighted by Gasteiger charge is 2.46. The number of allylic oxidation sites excluding steroid dienone is 16. The topological polar surface area (TPSA) is 186 Å². The molecule has 0 radical (unpaired) electrons. The maximum Gasteiger partial charge on any atom is 0.306 e. The Morgan fingerprint density at radius 3 is 1.66 bits per heavy atom. The molecule has 0 aromatic rings. The normalized spacial score (nSPS) is 20.5. The van der Waals surface area contributed by atoms with Gasteiger partial charge in [0.2, 0.25) is 0 Å². The van der Waals surface area contributed by atoms with E-state index in [-0.39, 0.29) is 19.4 Å². The summed E-state index contributed by atoms with van der Waals surface area (Å²) in [4.78, 5) is 25.4. The Kier molecular flexibility index (Phi) is 36.5. The lowest BCUT2D eigenvalue weighted by Gasteiger charge is -2.40. The van der Waals surface area contributed by atoms with Crippen LogP contribution in [-0.2, 0) is 38.7 Å². The molecule has 0 aromatic heterocycles. The summed E-state index contributed by atoms with van der Waals surface area (Å²) >= 11 is 0. The van der Waals surface area contributed by atoms with Crippen LogP contribution in [0.2, 0.25) is 0 Å². The minimum absolute atomic E-state index is 0.0770. The average molecular weight is 919 g/mol. The first-order valence-corrected chi connectivity index (χ1v) is 25.5. The Balaban J connectivity index is 2.49. The van der Waals surface area contributed by atoms with Crippen LogP contribution in [0.1, 0.15) is 155 Å². The summed E-state index contributed by atoms with van der Waals surface area (Å²) in [7, 11) is -4.62. The molecule has 6 atom stereocenters. The molecule has 0 bridgehead atoms. The van der Waals surface area contributed by atoms with E-state index in [4.69, 9.17) is 18.9 Å². The van der Waals surface area contributed by atoms with E-state index in [0.29, 0.717) is 19.3 Å². The maximum absolute atomic E-state index is 12.8. The number of ether oxygens (including phenoxy) is 4. The molecular formula is C51H82O12S. The summed E-state index contributed by atoms with van der Waals surface area (Å²) < 4.78 is 54.0. The molecule has 64 heavy (non-hydrogen) atoms. The lowest BCUT2D eigenvalue weighted by atomic mass is 10.00. The van der Waals surface area contributed by atoms with E-state index >= 15 is 0 Å². The molecule has 0 saturated carbocycles. The predicted octanol–water partition coefficient (Wildman–Crippen LogP) is 10.2. The number of hydrogen-bond donors (Lipinski definition) is 4. The van der Waals surface area contributed by atoms with Crippen LogP contribution in [0.3, 0.4) is 0 Å². The fourth-order valence-corrected chi connectivity index (χ4v) is 7.25. The van der Waals surface area contributed by atoms with E-state index in [9.17, 15) is 37.9 Å². The molecule has 1 heterocycles. The van der Waals surface area contributed by atoms with Gasteiger partial charge in [-0.15, -0.1) is 0 Å². The smallest absolute Gasteiger partial charge is 0.306 e. The minimum Gasteiger partial charge on any atom is -0.462 e. The maximum atomic E-state index is 12.8. The molecule has 1 rings (SSSR count). The molecule has 2 unspecified atom stereocenters. The van der Waals surface area contributed by atoms with E-state index < -0.39 is 71.2 Å².